The normalized spacial score (nSPS) is 11.3. The molecule has 0 aliphatic rings. The summed E-state index contributed by atoms with van der Waals surface area (Å²) in [6.07, 6.45) is -1.17. The van der Waals surface area contributed by atoms with E-state index in [1.807, 2.05) is 6.07 Å². The Hall–Kier alpha value is -4.42. The first kappa shape index (κ1) is 22.8. The SMILES string of the molecule is COc1cc(-c2ccn3nc(Nc4cccc(C(=O)NCC(F)(F)F)n4)nc3c2)cnc1OC. The molecule has 0 bridgehead atoms. The second kappa shape index (κ2) is 9.21. The first-order valence-electron chi connectivity index (χ1n) is 9.79. The van der Waals surface area contributed by atoms with Crippen LogP contribution >= 0.6 is 0 Å². The monoisotopic (exact) mass is 473 g/mol. The molecular weight excluding hydrogens is 455 g/mol. The number of methoxy groups -OCH3 is 2. The topological polar surface area (TPSA) is 116 Å². The number of aromatic nitrogens is 5. The highest BCUT2D eigenvalue weighted by molar-refractivity contribution is 5.92. The second-order valence-electron chi connectivity index (χ2n) is 6.92. The molecule has 34 heavy (non-hydrogen) atoms. The van der Waals surface area contributed by atoms with Crippen molar-refractivity contribution in [2.45, 2.75) is 6.18 Å². The predicted octanol–water partition coefficient (Wildman–Crippen LogP) is 3.24. The predicted molar refractivity (Wildman–Crippen MR) is 115 cm³/mol. The zero-order chi connectivity index (χ0) is 24.3. The second-order valence-corrected chi connectivity index (χ2v) is 6.92. The molecule has 2 N–H and O–H groups in total. The van der Waals surface area contributed by atoms with E-state index in [2.05, 4.69) is 25.4 Å². The van der Waals surface area contributed by atoms with E-state index in [9.17, 15) is 18.0 Å². The molecule has 4 aromatic rings. The maximum absolute atomic E-state index is 12.3. The van der Waals surface area contributed by atoms with E-state index in [4.69, 9.17) is 9.47 Å². The van der Waals surface area contributed by atoms with E-state index in [1.54, 1.807) is 29.8 Å². The zero-order valence-electron chi connectivity index (χ0n) is 17.9. The van der Waals surface area contributed by atoms with Gasteiger partial charge in [-0.25, -0.2) is 14.5 Å². The number of alkyl halides is 3. The lowest BCUT2D eigenvalue weighted by molar-refractivity contribution is -0.123. The Kier molecular flexibility index (Phi) is 6.17. The summed E-state index contributed by atoms with van der Waals surface area (Å²) in [5, 5.41) is 8.92. The fourth-order valence-corrected chi connectivity index (χ4v) is 3.02. The zero-order valence-corrected chi connectivity index (χ0v) is 17.9. The molecule has 0 atom stereocenters. The van der Waals surface area contributed by atoms with Crippen molar-refractivity contribution < 1.29 is 27.4 Å². The van der Waals surface area contributed by atoms with Crippen LogP contribution < -0.4 is 20.1 Å². The summed E-state index contributed by atoms with van der Waals surface area (Å²) in [6.45, 7) is -1.45. The number of anilines is 2. The van der Waals surface area contributed by atoms with Crippen LogP contribution in [0.5, 0.6) is 11.6 Å². The smallest absolute Gasteiger partial charge is 0.405 e. The number of hydrogen-bond acceptors (Lipinski definition) is 8. The Morgan fingerprint density at radius 1 is 1.09 bits per heavy atom. The number of carbonyl (C=O) groups is 1. The molecule has 0 saturated heterocycles. The van der Waals surface area contributed by atoms with Gasteiger partial charge in [0.2, 0.25) is 5.95 Å². The molecule has 0 spiro atoms. The van der Waals surface area contributed by atoms with Crippen molar-refractivity contribution >= 4 is 23.3 Å². The number of fused-ring (bicyclic) bond motifs is 1. The molecule has 0 aliphatic carbocycles. The van der Waals surface area contributed by atoms with E-state index >= 15 is 0 Å². The highest BCUT2D eigenvalue weighted by atomic mass is 19.4. The Labute approximate surface area is 190 Å². The van der Waals surface area contributed by atoms with Crippen LogP contribution in [0.2, 0.25) is 0 Å². The first-order valence-corrected chi connectivity index (χ1v) is 9.79. The van der Waals surface area contributed by atoms with E-state index in [0.29, 0.717) is 17.3 Å². The van der Waals surface area contributed by atoms with Gasteiger partial charge in [0.1, 0.15) is 18.1 Å². The molecule has 4 aromatic heterocycles. The van der Waals surface area contributed by atoms with Gasteiger partial charge in [0, 0.05) is 18.0 Å². The molecule has 10 nitrogen and oxygen atoms in total. The van der Waals surface area contributed by atoms with E-state index in [-0.39, 0.29) is 17.5 Å². The molecule has 4 heterocycles. The van der Waals surface area contributed by atoms with Crippen molar-refractivity contribution in [3.63, 3.8) is 0 Å². The molecule has 4 rings (SSSR count). The number of halogens is 3. The van der Waals surface area contributed by atoms with E-state index < -0.39 is 18.6 Å². The number of nitrogens with zero attached hydrogens (tertiary/aromatic N) is 5. The number of nitrogens with one attached hydrogen (secondary N) is 2. The van der Waals surface area contributed by atoms with Crippen LogP contribution in [0.1, 0.15) is 10.5 Å². The number of ether oxygens (including phenoxy) is 2. The number of amides is 1. The Balaban J connectivity index is 1.54. The van der Waals surface area contributed by atoms with Crippen LogP contribution in [0.15, 0.2) is 48.8 Å². The third kappa shape index (κ3) is 5.14. The van der Waals surface area contributed by atoms with Gasteiger partial charge in [0.15, 0.2) is 11.4 Å². The van der Waals surface area contributed by atoms with Crippen molar-refractivity contribution in [1.82, 2.24) is 29.9 Å². The largest absolute Gasteiger partial charge is 0.491 e. The fraction of sp³-hybridized carbons (Fsp3) is 0.190. The first-order chi connectivity index (χ1) is 16.3. The lowest BCUT2D eigenvalue weighted by Crippen LogP contribution is -2.34. The molecule has 0 fully saturated rings. The summed E-state index contributed by atoms with van der Waals surface area (Å²) >= 11 is 0. The van der Waals surface area contributed by atoms with Gasteiger partial charge < -0.3 is 20.1 Å². The van der Waals surface area contributed by atoms with Gasteiger partial charge in [0.25, 0.3) is 11.8 Å². The minimum Gasteiger partial charge on any atom is -0.491 e. The van der Waals surface area contributed by atoms with Gasteiger partial charge in [-0.2, -0.15) is 18.2 Å². The highest BCUT2D eigenvalue weighted by Crippen LogP contribution is 2.30. The number of hydrogen-bond donors (Lipinski definition) is 2. The molecule has 0 radical (unpaired) electrons. The molecular formula is C21H18F3N7O3. The maximum atomic E-state index is 12.3. The standard InChI is InChI=1S/C21H18F3N7O3/c1-33-15-8-13(10-25-19(15)34-2)12-6-7-31-17(9-12)29-20(30-31)28-16-5-3-4-14(27-16)18(32)26-11-21(22,23)24/h3-10H,11H2,1-2H3,(H,26,32)(H,27,28,30). The van der Waals surface area contributed by atoms with Crippen LogP contribution in [0, 0.1) is 0 Å². The number of rotatable bonds is 7. The van der Waals surface area contributed by atoms with Crippen molar-refractivity contribution in [3.05, 3.63) is 54.5 Å². The molecule has 1 amide bonds. The van der Waals surface area contributed by atoms with E-state index in [0.717, 1.165) is 11.1 Å². The summed E-state index contributed by atoms with van der Waals surface area (Å²) in [7, 11) is 3.02. The fourth-order valence-electron chi connectivity index (χ4n) is 3.02. The van der Waals surface area contributed by atoms with Gasteiger partial charge in [0.05, 0.1) is 14.2 Å². The van der Waals surface area contributed by atoms with Crippen LogP contribution in [0.3, 0.4) is 0 Å². The quantitative estimate of drug-likeness (QED) is 0.420. The summed E-state index contributed by atoms with van der Waals surface area (Å²) in [5.74, 6) is 0.275. The van der Waals surface area contributed by atoms with Crippen LogP contribution in [-0.4, -0.2) is 57.4 Å². The summed E-state index contributed by atoms with van der Waals surface area (Å²) < 4.78 is 49.0. The lowest BCUT2D eigenvalue weighted by Gasteiger charge is -2.08. The van der Waals surface area contributed by atoms with Gasteiger partial charge in [-0.15, -0.1) is 5.10 Å². The van der Waals surface area contributed by atoms with Crippen molar-refractivity contribution in [1.29, 1.82) is 0 Å². The van der Waals surface area contributed by atoms with Crippen LogP contribution in [-0.2, 0) is 0 Å². The van der Waals surface area contributed by atoms with Gasteiger partial charge in [-0.1, -0.05) is 6.07 Å². The third-order valence-electron chi connectivity index (χ3n) is 4.57. The maximum Gasteiger partial charge on any atom is 0.405 e. The summed E-state index contributed by atoms with van der Waals surface area (Å²) in [4.78, 5) is 24.6. The molecule has 0 unspecified atom stereocenters. The molecule has 0 saturated carbocycles. The van der Waals surface area contributed by atoms with Gasteiger partial charge in [-0.05, 0) is 35.9 Å². The Morgan fingerprint density at radius 3 is 2.65 bits per heavy atom. The number of carbonyl (C=O) groups excluding carboxylic acids is 1. The van der Waals surface area contributed by atoms with Gasteiger partial charge in [-0.3, -0.25) is 4.79 Å². The van der Waals surface area contributed by atoms with Crippen molar-refractivity contribution in [3.8, 4) is 22.8 Å². The van der Waals surface area contributed by atoms with Crippen LogP contribution in [0.4, 0.5) is 24.9 Å². The van der Waals surface area contributed by atoms with Crippen LogP contribution in [0.25, 0.3) is 16.8 Å². The average molecular weight is 473 g/mol. The minimum atomic E-state index is -4.52. The molecule has 0 aromatic carbocycles. The Morgan fingerprint density at radius 2 is 1.91 bits per heavy atom. The van der Waals surface area contributed by atoms with E-state index in [1.165, 1.54) is 36.9 Å². The summed E-state index contributed by atoms with van der Waals surface area (Å²) in [5.41, 5.74) is 1.91. The molecule has 176 valence electrons. The van der Waals surface area contributed by atoms with Gasteiger partial charge >= 0.3 is 6.18 Å². The Bertz CT molecular complexity index is 1340. The molecule has 0 aliphatic heterocycles. The summed E-state index contributed by atoms with van der Waals surface area (Å²) in [6, 6.07) is 9.71. The minimum absolute atomic E-state index is 0.179. The van der Waals surface area contributed by atoms with Crippen molar-refractivity contribution in [2.75, 3.05) is 26.1 Å². The molecule has 13 heteroatoms. The third-order valence-corrected chi connectivity index (χ3v) is 4.57. The number of pyridine rings is 3. The highest BCUT2D eigenvalue weighted by Gasteiger charge is 2.28. The lowest BCUT2D eigenvalue weighted by atomic mass is 10.1. The average Bonchev–Trinajstić information content (AvgIpc) is 3.23. The van der Waals surface area contributed by atoms with Crippen molar-refractivity contribution in [2.24, 2.45) is 0 Å².